The van der Waals surface area contributed by atoms with Gasteiger partial charge >= 0.3 is 0 Å². The molecule has 2 unspecified atom stereocenters. The Bertz CT molecular complexity index is 525. The van der Waals surface area contributed by atoms with Gasteiger partial charge in [-0.3, -0.25) is 4.21 Å². The van der Waals surface area contributed by atoms with Crippen molar-refractivity contribution in [1.82, 2.24) is 5.32 Å². The lowest BCUT2D eigenvalue weighted by molar-refractivity contribution is 0.175. The third-order valence-electron chi connectivity index (χ3n) is 2.60. The molecule has 0 aliphatic heterocycles. The normalized spacial score (nSPS) is 15.1. The maximum absolute atomic E-state index is 11.3. The number of hydrogen-bond acceptors (Lipinski definition) is 5. The predicted molar refractivity (Wildman–Crippen MR) is 76.3 cm³/mol. The van der Waals surface area contributed by atoms with E-state index in [9.17, 15) is 17.7 Å². The summed E-state index contributed by atoms with van der Waals surface area (Å²) < 4.78 is 33.4. The van der Waals surface area contributed by atoms with Crippen LogP contribution in [-0.4, -0.2) is 49.1 Å². The van der Waals surface area contributed by atoms with E-state index in [1.54, 1.807) is 18.4 Å². The molecule has 0 aromatic heterocycles. The van der Waals surface area contributed by atoms with E-state index in [2.05, 4.69) is 5.32 Å². The van der Waals surface area contributed by atoms with Gasteiger partial charge in [-0.15, -0.1) is 0 Å². The van der Waals surface area contributed by atoms with Gasteiger partial charge in [0.05, 0.1) is 11.0 Å². The molecule has 0 aliphatic rings. The lowest BCUT2D eigenvalue weighted by Crippen LogP contribution is -2.25. The highest BCUT2D eigenvalue weighted by Gasteiger charge is 2.10. The Kier molecular flexibility index (Phi) is 6.12. The first kappa shape index (κ1) is 16.3. The second-order valence-corrected chi connectivity index (χ2v) is 7.91. The molecule has 0 aliphatic carbocycles. The van der Waals surface area contributed by atoms with E-state index >= 15 is 0 Å². The van der Waals surface area contributed by atoms with E-state index in [4.69, 9.17) is 0 Å². The molecule has 19 heavy (non-hydrogen) atoms. The molecular formula is C12H19NO4S2. The zero-order valence-electron chi connectivity index (χ0n) is 11.0. The fourth-order valence-corrected chi connectivity index (χ4v) is 2.57. The van der Waals surface area contributed by atoms with Gasteiger partial charge < -0.3 is 10.4 Å². The maximum atomic E-state index is 11.3. The van der Waals surface area contributed by atoms with Gasteiger partial charge in [0.2, 0.25) is 0 Å². The summed E-state index contributed by atoms with van der Waals surface area (Å²) in [4.78, 5) is 0.234. The highest BCUT2D eigenvalue weighted by atomic mass is 32.2. The molecule has 0 saturated carbocycles. The standard InChI is InChI=1S/C12H19NO4S2/c1-18(15)8-7-13-9-12(14)10-3-5-11(6-4-10)19(2,16)17/h3-6,12-14H,7-9H2,1-2H3. The lowest BCUT2D eigenvalue weighted by Gasteiger charge is -2.12. The van der Waals surface area contributed by atoms with Gasteiger partial charge in [0.15, 0.2) is 9.84 Å². The van der Waals surface area contributed by atoms with Gasteiger partial charge in [0.1, 0.15) is 0 Å². The van der Waals surface area contributed by atoms with Crippen LogP contribution in [0.25, 0.3) is 0 Å². The quantitative estimate of drug-likeness (QED) is 0.698. The first-order chi connectivity index (χ1) is 8.80. The molecule has 5 nitrogen and oxygen atoms in total. The van der Waals surface area contributed by atoms with Crippen LogP contribution in [0.5, 0.6) is 0 Å². The van der Waals surface area contributed by atoms with Crippen molar-refractivity contribution in [3.8, 4) is 0 Å². The van der Waals surface area contributed by atoms with Crippen LogP contribution in [0, 0.1) is 0 Å². The molecule has 0 amide bonds. The summed E-state index contributed by atoms with van der Waals surface area (Å²) in [6.45, 7) is 0.914. The number of rotatable bonds is 7. The summed E-state index contributed by atoms with van der Waals surface area (Å²) in [5.41, 5.74) is 0.650. The molecule has 7 heteroatoms. The Labute approximate surface area is 116 Å². The molecule has 0 fully saturated rings. The van der Waals surface area contributed by atoms with Crippen molar-refractivity contribution in [1.29, 1.82) is 0 Å². The Morgan fingerprint density at radius 3 is 2.37 bits per heavy atom. The molecule has 0 heterocycles. The molecule has 0 bridgehead atoms. The molecular weight excluding hydrogens is 286 g/mol. The highest BCUT2D eigenvalue weighted by Crippen LogP contribution is 2.15. The van der Waals surface area contributed by atoms with Crippen LogP contribution >= 0.6 is 0 Å². The van der Waals surface area contributed by atoms with Crippen molar-refractivity contribution in [2.45, 2.75) is 11.0 Å². The van der Waals surface area contributed by atoms with Crippen LogP contribution in [0.2, 0.25) is 0 Å². The SMILES string of the molecule is CS(=O)CCNCC(O)c1ccc(S(C)(=O)=O)cc1. The zero-order chi connectivity index (χ0) is 14.5. The number of nitrogens with one attached hydrogen (secondary N) is 1. The smallest absolute Gasteiger partial charge is 0.175 e. The Morgan fingerprint density at radius 1 is 1.32 bits per heavy atom. The molecule has 0 saturated heterocycles. The van der Waals surface area contributed by atoms with E-state index in [1.807, 2.05) is 0 Å². The minimum atomic E-state index is -3.21. The zero-order valence-corrected chi connectivity index (χ0v) is 12.6. The fraction of sp³-hybridized carbons (Fsp3) is 0.500. The number of sulfone groups is 1. The van der Waals surface area contributed by atoms with Crippen molar-refractivity contribution in [2.75, 3.05) is 31.4 Å². The first-order valence-corrected chi connectivity index (χ1v) is 9.41. The molecule has 1 rings (SSSR count). The van der Waals surface area contributed by atoms with Crippen LogP contribution in [0.15, 0.2) is 29.2 Å². The van der Waals surface area contributed by atoms with Gasteiger partial charge in [-0.2, -0.15) is 0 Å². The minimum absolute atomic E-state index is 0.234. The van der Waals surface area contributed by atoms with Crippen LogP contribution in [0.4, 0.5) is 0 Å². The molecule has 1 aromatic carbocycles. The van der Waals surface area contributed by atoms with Crippen molar-refractivity contribution >= 4 is 20.6 Å². The molecule has 2 atom stereocenters. The van der Waals surface area contributed by atoms with E-state index < -0.39 is 26.7 Å². The van der Waals surface area contributed by atoms with Crippen LogP contribution in [0.1, 0.15) is 11.7 Å². The summed E-state index contributed by atoms with van der Waals surface area (Å²) in [5.74, 6) is 0.541. The molecule has 2 N–H and O–H groups in total. The topological polar surface area (TPSA) is 83.5 Å². The fourth-order valence-electron chi connectivity index (χ4n) is 1.51. The number of aliphatic hydroxyl groups is 1. The number of benzene rings is 1. The maximum Gasteiger partial charge on any atom is 0.175 e. The third-order valence-corrected chi connectivity index (χ3v) is 4.50. The first-order valence-electron chi connectivity index (χ1n) is 5.79. The molecule has 0 radical (unpaired) electrons. The van der Waals surface area contributed by atoms with E-state index in [-0.39, 0.29) is 4.90 Å². The number of hydrogen-bond donors (Lipinski definition) is 2. The highest BCUT2D eigenvalue weighted by molar-refractivity contribution is 7.90. The average Bonchev–Trinajstić information content (AvgIpc) is 2.33. The minimum Gasteiger partial charge on any atom is -0.387 e. The molecule has 108 valence electrons. The summed E-state index contributed by atoms with van der Waals surface area (Å²) in [5, 5.41) is 12.9. The molecule has 0 spiro atoms. The largest absolute Gasteiger partial charge is 0.387 e. The van der Waals surface area contributed by atoms with Crippen LogP contribution in [-0.2, 0) is 20.6 Å². The van der Waals surface area contributed by atoms with Gasteiger partial charge in [0.25, 0.3) is 0 Å². The molecule has 1 aromatic rings. The van der Waals surface area contributed by atoms with Gasteiger partial charge in [0, 0.05) is 42.2 Å². The monoisotopic (exact) mass is 305 g/mol. The summed E-state index contributed by atoms with van der Waals surface area (Å²) in [7, 11) is -4.06. The van der Waals surface area contributed by atoms with Crippen LogP contribution < -0.4 is 5.32 Å². The Balaban J connectivity index is 2.54. The predicted octanol–water partition coefficient (Wildman–Crippen LogP) is 0.0916. The van der Waals surface area contributed by atoms with Crippen LogP contribution in [0.3, 0.4) is 0 Å². The van der Waals surface area contributed by atoms with E-state index in [1.165, 1.54) is 12.1 Å². The third kappa shape index (κ3) is 5.82. The second-order valence-electron chi connectivity index (χ2n) is 4.34. The summed E-state index contributed by atoms with van der Waals surface area (Å²) in [6, 6.07) is 6.16. The van der Waals surface area contributed by atoms with Gasteiger partial charge in [-0.1, -0.05) is 12.1 Å². The Hall–Kier alpha value is -0.760. The lowest BCUT2D eigenvalue weighted by atomic mass is 10.1. The summed E-state index contributed by atoms with van der Waals surface area (Å²) >= 11 is 0. The second kappa shape index (κ2) is 7.14. The van der Waals surface area contributed by atoms with Crippen molar-refractivity contribution in [3.63, 3.8) is 0 Å². The van der Waals surface area contributed by atoms with Gasteiger partial charge in [-0.05, 0) is 17.7 Å². The average molecular weight is 305 g/mol. The van der Waals surface area contributed by atoms with Crippen molar-refractivity contribution < 1.29 is 17.7 Å². The van der Waals surface area contributed by atoms with Crippen molar-refractivity contribution in [3.05, 3.63) is 29.8 Å². The number of aliphatic hydroxyl groups excluding tert-OH is 1. The van der Waals surface area contributed by atoms with Gasteiger partial charge in [-0.25, -0.2) is 8.42 Å². The summed E-state index contributed by atoms with van der Waals surface area (Å²) in [6.07, 6.45) is 2.06. The van der Waals surface area contributed by atoms with E-state index in [0.29, 0.717) is 24.4 Å². The van der Waals surface area contributed by atoms with E-state index in [0.717, 1.165) is 6.26 Å². The Morgan fingerprint density at radius 2 is 1.89 bits per heavy atom. The van der Waals surface area contributed by atoms with Crippen molar-refractivity contribution in [2.24, 2.45) is 0 Å².